The molecule has 1 fully saturated rings. The van der Waals surface area contributed by atoms with Crippen molar-refractivity contribution in [3.8, 4) is 0 Å². The minimum Gasteiger partial charge on any atom is -0.327 e. The van der Waals surface area contributed by atoms with E-state index in [-0.39, 0.29) is 17.7 Å². The minimum atomic E-state index is -0.0957. The Labute approximate surface area is 99.8 Å². The van der Waals surface area contributed by atoms with E-state index in [1.165, 1.54) is 10.9 Å². The molecule has 1 aromatic heterocycles. The number of carbonyl (C=O) groups is 1. The first-order valence-corrected chi connectivity index (χ1v) is 5.96. The molecule has 2 atom stereocenters. The van der Waals surface area contributed by atoms with Crippen molar-refractivity contribution in [3.05, 3.63) is 16.9 Å². The molecule has 5 heteroatoms. The zero-order valence-corrected chi connectivity index (χ0v) is 10.1. The zero-order chi connectivity index (χ0) is 11.7. The largest absolute Gasteiger partial charge is 0.327 e. The highest BCUT2D eigenvalue weighted by atomic mass is 35.5. The maximum Gasteiger partial charge on any atom is 0.186 e. The Kier molecular flexibility index (Phi) is 3.30. The highest BCUT2D eigenvalue weighted by molar-refractivity contribution is 6.33. The first-order valence-electron chi connectivity index (χ1n) is 5.58. The molecule has 2 N–H and O–H groups in total. The number of carbonyl (C=O) groups excluding carboxylic acids is 1. The van der Waals surface area contributed by atoms with Gasteiger partial charge in [-0.1, -0.05) is 24.4 Å². The Bertz CT molecular complexity index is 382. The van der Waals surface area contributed by atoms with Gasteiger partial charge in [0, 0.05) is 19.0 Å². The molecule has 0 aromatic carbocycles. The molecule has 1 saturated carbocycles. The number of hydrogen-bond donors (Lipinski definition) is 1. The van der Waals surface area contributed by atoms with E-state index in [1.54, 1.807) is 7.05 Å². The lowest BCUT2D eigenvalue weighted by Crippen LogP contribution is -2.38. The van der Waals surface area contributed by atoms with E-state index in [4.69, 9.17) is 17.3 Å². The van der Waals surface area contributed by atoms with E-state index in [9.17, 15) is 4.79 Å². The van der Waals surface area contributed by atoms with Gasteiger partial charge in [0.05, 0.1) is 11.2 Å². The summed E-state index contributed by atoms with van der Waals surface area (Å²) in [6.07, 6.45) is 5.47. The summed E-state index contributed by atoms with van der Waals surface area (Å²) in [7, 11) is 1.73. The molecular weight excluding hydrogens is 226 g/mol. The Morgan fingerprint density at radius 1 is 1.56 bits per heavy atom. The number of halogens is 1. The van der Waals surface area contributed by atoms with Gasteiger partial charge in [0.15, 0.2) is 5.78 Å². The molecule has 1 aliphatic rings. The smallest absolute Gasteiger partial charge is 0.186 e. The Morgan fingerprint density at radius 2 is 2.25 bits per heavy atom. The van der Waals surface area contributed by atoms with Crippen molar-refractivity contribution < 1.29 is 4.79 Å². The van der Waals surface area contributed by atoms with Gasteiger partial charge < -0.3 is 5.73 Å². The third kappa shape index (κ3) is 1.99. The first kappa shape index (κ1) is 11.6. The molecule has 1 aliphatic carbocycles. The summed E-state index contributed by atoms with van der Waals surface area (Å²) >= 11 is 5.96. The molecule has 4 nitrogen and oxygen atoms in total. The number of hydrogen-bond acceptors (Lipinski definition) is 3. The Hall–Kier alpha value is -0.870. The van der Waals surface area contributed by atoms with Gasteiger partial charge in [0.1, 0.15) is 5.69 Å². The van der Waals surface area contributed by atoms with E-state index in [2.05, 4.69) is 5.10 Å². The van der Waals surface area contributed by atoms with Gasteiger partial charge in [-0.3, -0.25) is 9.48 Å². The fraction of sp³-hybridized carbons (Fsp3) is 0.636. The second-order valence-electron chi connectivity index (χ2n) is 4.38. The number of nitrogens with zero attached hydrogens (tertiary/aromatic N) is 2. The quantitative estimate of drug-likeness (QED) is 0.803. The van der Waals surface area contributed by atoms with E-state index >= 15 is 0 Å². The van der Waals surface area contributed by atoms with Crippen LogP contribution in [0.25, 0.3) is 0 Å². The molecule has 0 saturated heterocycles. The van der Waals surface area contributed by atoms with Crippen molar-refractivity contribution in [1.82, 2.24) is 9.78 Å². The van der Waals surface area contributed by atoms with Crippen LogP contribution in [-0.4, -0.2) is 21.6 Å². The van der Waals surface area contributed by atoms with Crippen LogP contribution >= 0.6 is 11.6 Å². The fourth-order valence-corrected chi connectivity index (χ4v) is 2.61. The number of rotatable bonds is 2. The third-order valence-corrected chi connectivity index (χ3v) is 3.56. The average molecular weight is 242 g/mol. The van der Waals surface area contributed by atoms with Crippen LogP contribution in [0.2, 0.25) is 5.02 Å². The molecule has 0 bridgehead atoms. The first-order chi connectivity index (χ1) is 7.61. The van der Waals surface area contributed by atoms with Crippen LogP contribution in [0.3, 0.4) is 0 Å². The second-order valence-corrected chi connectivity index (χ2v) is 4.79. The number of ketones is 1. The minimum absolute atomic E-state index is 0.0350. The molecule has 1 heterocycles. The van der Waals surface area contributed by atoms with Crippen molar-refractivity contribution in [2.75, 3.05) is 0 Å². The van der Waals surface area contributed by atoms with Crippen LogP contribution in [-0.2, 0) is 7.05 Å². The number of nitrogens with two attached hydrogens (primary N) is 1. The molecule has 0 spiro atoms. The van der Waals surface area contributed by atoms with Crippen LogP contribution in [0, 0.1) is 5.92 Å². The second kappa shape index (κ2) is 4.55. The number of aryl methyl sites for hydroxylation is 1. The van der Waals surface area contributed by atoms with Crippen molar-refractivity contribution in [3.63, 3.8) is 0 Å². The zero-order valence-electron chi connectivity index (χ0n) is 9.32. The normalized spacial score (nSPS) is 25.7. The number of aromatic nitrogens is 2. The standard InChI is InChI=1S/C11H16ClN3O/c1-15-10(8(12)6-14-15)11(16)7-4-2-3-5-9(7)13/h6-7,9H,2-5,13H2,1H3. The highest BCUT2D eigenvalue weighted by Gasteiger charge is 2.31. The van der Waals surface area contributed by atoms with Gasteiger partial charge in [-0.15, -0.1) is 0 Å². The van der Waals surface area contributed by atoms with Gasteiger partial charge in [-0.25, -0.2) is 0 Å². The monoisotopic (exact) mass is 241 g/mol. The molecule has 1 aromatic rings. The van der Waals surface area contributed by atoms with Crippen LogP contribution in [0.5, 0.6) is 0 Å². The van der Waals surface area contributed by atoms with Crippen LogP contribution in [0.4, 0.5) is 0 Å². The summed E-state index contributed by atoms with van der Waals surface area (Å²) in [6, 6.07) is -0.0350. The fourth-order valence-electron chi connectivity index (χ4n) is 2.35. The molecular formula is C11H16ClN3O. The van der Waals surface area contributed by atoms with E-state index in [0.29, 0.717) is 10.7 Å². The van der Waals surface area contributed by atoms with Gasteiger partial charge in [0.2, 0.25) is 0 Å². The van der Waals surface area contributed by atoms with Crippen LogP contribution in [0.15, 0.2) is 6.20 Å². The molecule has 16 heavy (non-hydrogen) atoms. The lowest BCUT2D eigenvalue weighted by molar-refractivity contribution is 0.0861. The van der Waals surface area contributed by atoms with E-state index in [0.717, 1.165) is 25.7 Å². The summed E-state index contributed by atoms with van der Waals surface area (Å²) in [5, 5.41) is 4.40. The van der Waals surface area contributed by atoms with Crippen molar-refractivity contribution >= 4 is 17.4 Å². The molecule has 0 amide bonds. The maximum absolute atomic E-state index is 12.3. The van der Waals surface area contributed by atoms with Crippen LogP contribution in [0.1, 0.15) is 36.2 Å². The lowest BCUT2D eigenvalue weighted by Gasteiger charge is -2.27. The van der Waals surface area contributed by atoms with Crippen molar-refractivity contribution in [1.29, 1.82) is 0 Å². The Balaban J connectivity index is 2.24. The number of Topliss-reactive ketones (excluding diaryl/α,β-unsaturated/α-hetero) is 1. The van der Waals surface area contributed by atoms with Crippen LogP contribution < -0.4 is 5.73 Å². The third-order valence-electron chi connectivity index (χ3n) is 3.28. The molecule has 0 aliphatic heterocycles. The van der Waals surface area contributed by atoms with Gasteiger partial charge in [0.25, 0.3) is 0 Å². The van der Waals surface area contributed by atoms with Crippen molar-refractivity contribution in [2.45, 2.75) is 31.7 Å². The van der Waals surface area contributed by atoms with Crippen molar-refractivity contribution in [2.24, 2.45) is 18.7 Å². The summed E-state index contributed by atoms with van der Waals surface area (Å²) in [5.74, 6) is -0.0566. The molecule has 2 unspecified atom stereocenters. The van der Waals surface area contributed by atoms with E-state index < -0.39 is 0 Å². The molecule has 0 radical (unpaired) electrons. The summed E-state index contributed by atoms with van der Waals surface area (Å²) in [5.41, 5.74) is 6.48. The summed E-state index contributed by atoms with van der Waals surface area (Å²) in [6.45, 7) is 0. The van der Waals surface area contributed by atoms with Gasteiger partial charge >= 0.3 is 0 Å². The van der Waals surface area contributed by atoms with Gasteiger partial charge in [-0.2, -0.15) is 5.10 Å². The van der Waals surface area contributed by atoms with E-state index in [1.807, 2.05) is 0 Å². The SMILES string of the molecule is Cn1ncc(Cl)c1C(=O)C1CCCCC1N. The highest BCUT2D eigenvalue weighted by Crippen LogP contribution is 2.28. The molecule has 2 rings (SSSR count). The van der Waals surface area contributed by atoms with Gasteiger partial charge in [-0.05, 0) is 12.8 Å². The summed E-state index contributed by atoms with van der Waals surface area (Å²) in [4.78, 5) is 12.3. The predicted octanol–water partition coefficient (Wildman–Crippen LogP) is 1.77. The molecule has 88 valence electrons. The Morgan fingerprint density at radius 3 is 2.81 bits per heavy atom. The maximum atomic E-state index is 12.3. The summed E-state index contributed by atoms with van der Waals surface area (Å²) < 4.78 is 1.53. The average Bonchev–Trinajstić information content (AvgIpc) is 2.58. The lowest BCUT2D eigenvalue weighted by atomic mass is 9.81. The predicted molar refractivity (Wildman–Crippen MR) is 62.5 cm³/mol. The topological polar surface area (TPSA) is 60.9 Å².